The Hall–Kier alpha value is -2.38. The van der Waals surface area contributed by atoms with Gasteiger partial charge in [-0.3, -0.25) is 9.69 Å². The maximum Gasteiger partial charge on any atom is 0.416 e. The highest BCUT2D eigenvalue weighted by atomic mass is 19.4. The fourth-order valence-corrected chi connectivity index (χ4v) is 5.63. The van der Waals surface area contributed by atoms with Crippen LogP contribution >= 0.6 is 0 Å². The summed E-state index contributed by atoms with van der Waals surface area (Å²) in [6, 6.07) is 16.0. The summed E-state index contributed by atoms with van der Waals surface area (Å²) in [7, 11) is 0. The first-order valence-corrected chi connectivity index (χ1v) is 13.0. The lowest BCUT2D eigenvalue weighted by Gasteiger charge is -2.46. The minimum Gasteiger partial charge on any atom is -0.363 e. The van der Waals surface area contributed by atoms with E-state index in [1.807, 2.05) is 13.8 Å². The van der Waals surface area contributed by atoms with Crippen molar-refractivity contribution in [2.45, 2.75) is 70.3 Å². The predicted octanol–water partition coefficient (Wildman–Crippen LogP) is 5.85. The molecule has 2 aliphatic heterocycles. The average Bonchev–Trinajstić information content (AvgIpc) is 2.88. The van der Waals surface area contributed by atoms with E-state index in [1.54, 1.807) is 6.07 Å². The maximum atomic E-state index is 13.2. The zero-order valence-corrected chi connectivity index (χ0v) is 21.2. The Balaban J connectivity index is 1.29. The number of nitrogens with zero attached hydrogens (tertiary/aromatic N) is 1. The fourth-order valence-electron chi connectivity index (χ4n) is 5.63. The van der Waals surface area contributed by atoms with Gasteiger partial charge in [0, 0.05) is 12.6 Å². The first-order chi connectivity index (χ1) is 17.2. The molecule has 1 amide bonds. The topological polar surface area (TPSA) is 41.6 Å². The van der Waals surface area contributed by atoms with Gasteiger partial charge in [0.15, 0.2) is 0 Å². The lowest BCUT2D eigenvalue weighted by atomic mass is 9.80. The van der Waals surface area contributed by atoms with Crippen molar-refractivity contribution >= 4 is 5.91 Å². The molecule has 7 heteroatoms. The van der Waals surface area contributed by atoms with Crippen LogP contribution in [0.5, 0.6) is 0 Å². The zero-order valence-electron chi connectivity index (χ0n) is 21.2. The second-order valence-corrected chi connectivity index (χ2v) is 10.6. The number of ether oxygens (including phenoxy) is 1. The molecule has 0 radical (unpaired) electrons. The Labute approximate surface area is 212 Å². The summed E-state index contributed by atoms with van der Waals surface area (Å²) in [6.07, 6.45) is 0.525. The largest absolute Gasteiger partial charge is 0.416 e. The number of hydrogen-bond donors (Lipinski definition) is 1. The van der Waals surface area contributed by atoms with Crippen molar-refractivity contribution in [1.82, 2.24) is 10.2 Å². The monoisotopic (exact) mass is 502 g/mol. The summed E-state index contributed by atoms with van der Waals surface area (Å²) in [5.74, 6) is 0.413. The van der Waals surface area contributed by atoms with Crippen LogP contribution in [0.3, 0.4) is 0 Å². The van der Waals surface area contributed by atoms with E-state index >= 15 is 0 Å². The van der Waals surface area contributed by atoms with Crippen molar-refractivity contribution in [2.75, 3.05) is 19.7 Å². The fraction of sp³-hybridized carbons (Fsp3) is 0.552. The molecule has 2 aromatic rings. The first-order valence-electron chi connectivity index (χ1n) is 13.0. The van der Waals surface area contributed by atoms with Crippen molar-refractivity contribution in [1.29, 1.82) is 0 Å². The zero-order chi connectivity index (χ0) is 25.8. The van der Waals surface area contributed by atoms with Gasteiger partial charge in [-0.1, -0.05) is 56.3 Å². The van der Waals surface area contributed by atoms with Gasteiger partial charge >= 0.3 is 6.18 Å². The molecule has 2 atom stereocenters. The van der Waals surface area contributed by atoms with Crippen molar-refractivity contribution in [3.05, 3.63) is 71.3 Å². The van der Waals surface area contributed by atoms with E-state index in [0.29, 0.717) is 30.6 Å². The minimum absolute atomic E-state index is 0.0406. The highest BCUT2D eigenvalue weighted by Crippen LogP contribution is 2.36. The smallest absolute Gasteiger partial charge is 0.363 e. The highest BCUT2D eigenvalue weighted by molar-refractivity contribution is 5.85. The maximum absolute atomic E-state index is 13.2. The van der Waals surface area contributed by atoms with Gasteiger partial charge in [0.1, 0.15) is 5.60 Å². The van der Waals surface area contributed by atoms with Crippen LogP contribution in [-0.4, -0.2) is 42.1 Å². The van der Waals surface area contributed by atoms with Crippen molar-refractivity contribution in [3.63, 3.8) is 0 Å². The summed E-state index contributed by atoms with van der Waals surface area (Å²) < 4.78 is 45.4. The first kappa shape index (κ1) is 26.7. The molecule has 2 aromatic carbocycles. The number of carbonyl (C=O) groups excluding carboxylic acids is 1. The number of benzene rings is 2. The van der Waals surface area contributed by atoms with E-state index < -0.39 is 17.3 Å². The van der Waals surface area contributed by atoms with Gasteiger partial charge in [0.05, 0.1) is 12.2 Å². The van der Waals surface area contributed by atoms with Crippen LogP contribution in [0.4, 0.5) is 13.2 Å². The molecule has 0 bridgehead atoms. The molecular weight excluding hydrogens is 465 g/mol. The normalized spacial score (nSPS) is 24.1. The second kappa shape index (κ2) is 11.3. The number of carbonyl (C=O) groups is 1. The van der Waals surface area contributed by atoms with E-state index in [2.05, 4.69) is 40.5 Å². The molecule has 2 heterocycles. The SMILES string of the molecule is CC(C)[C@]1(C(=O)NCc2cccc(C(F)(F)F)c2)CC[C@@H](N2CCC(Cc3ccccc3)CC2)CO1. The minimum atomic E-state index is -4.41. The Bertz CT molecular complexity index is 993. The van der Waals surface area contributed by atoms with Gasteiger partial charge in [-0.05, 0) is 80.3 Å². The van der Waals surface area contributed by atoms with Crippen LogP contribution in [0.1, 0.15) is 56.2 Å². The van der Waals surface area contributed by atoms with Gasteiger partial charge in [-0.2, -0.15) is 13.2 Å². The lowest BCUT2D eigenvalue weighted by Crippen LogP contribution is -2.58. The average molecular weight is 503 g/mol. The summed E-state index contributed by atoms with van der Waals surface area (Å²) in [5, 5.41) is 2.85. The molecule has 2 saturated heterocycles. The molecule has 0 saturated carbocycles. The third-order valence-electron chi connectivity index (χ3n) is 7.94. The predicted molar refractivity (Wildman–Crippen MR) is 134 cm³/mol. The number of likely N-dealkylation sites (tertiary alicyclic amines) is 1. The van der Waals surface area contributed by atoms with Crippen LogP contribution in [0.2, 0.25) is 0 Å². The van der Waals surface area contributed by atoms with Crippen LogP contribution in [0.15, 0.2) is 54.6 Å². The van der Waals surface area contributed by atoms with E-state index in [0.717, 1.165) is 50.9 Å². The number of rotatable bonds is 7. The molecule has 0 aliphatic carbocycles. The molecule has 36 heavy (non-hydrogen) atoms. The number of nitrogens with one attached hydrogen (secondary N) is 1. The highest BCUT2D eigenvalue weighted by Gasteiger charge is 2.46. The molecular formula is C29H37F3N2O2. The Morgan fingerprint density at radius 3 is 2.36 bits per heavy atom. The van der Waals surface area contributed by atoms with E-state index in [9.17, 15) is 18.0 Å². The van der Waals surface area contributed by atoms with Crippen molar-refractivity contribution in [2.24, 2.45) is 11.8 Å². The third kappa shape index (κ3) is 6.30. The third-order valence-corrected chi connectivity index (χ3v) is 7.94. The Morgan fingerprint density at radius 2 is 1.75 bits per heavy atom. The molecule has 0 unspecified atom stereocenters. The van der Waals surface area contributed by atoms with Crippen molar-refractivity contribution in [3.8, 4) is 0 Å². The van der Waals surface area contributed by atoms with Gasteiger partial charge in [0.25, 0.3) is 5.91 Å². The number of halogens is 3. The van der Waals surface area contributed by atoms with Crippen molar-refractivity contribution < 1.29 is 22.7 Å². The van der Waals surface area contributed by atoms with Crippen LogP contribution < -0.4 is 5.32 Å². The number of hydrogen-bond acceptors (Lipinski definition) is 3. The Morgan fingerprint density at radius 1 is 1.06 bits per heavy atom. The molecule has 0 spiro atoms. The summed E-state index contributed by atoms with van der Waals surface area (Å²) in [6.45, 7) is 6.57. The molecule has 4 nitrogen and oxygen atoms in total. The quantitative estimate of drug-likeness (QED) is 0.517. The van der Waals surface area contributed by atoms with Gasteiger partial charge in [0.2, 0.25) is 0 Å². The summed E-state index contributed by atoms with van der Waals surface area (Å²) in [5.41, 5.74) is 0.153. The second-order valence-electron chi connectivity index (χ2n) is 10.6. The van der Waals surface area contributed by atoms with Crippen LogP contribution in [-0.2, 0) is 28.7 Å². The molecule has 2 fully saturated rings. The standard InChI is InChI=1S/C29H37F3N2O2/c1-21(2)28(27(35)33-19-24-9-6-10-25(18-24)29(30,31)32)14-11-26(20-36-28)34-15-12-23(13-16-34)17-22-7-4-3-5-8-22/h3-10,18,21,23,26H,11-17,19-20H2,1-2H3,(H,33,35)/t26-,28+/m1/s1. The van der Waals surface area contributed by atoms with Gasteiger partial charge in [-0.15, -0.1) is 0 Å². The van der Waals surface area contributed by atoms with E-state index in [1.165, 1.54) is 11.6 Å². The summed E-state index contributed by atoms with van der Waals surface area (Å²) >= 11 is 0. The van der Waals surface area contributed by atoms with E-state index in [-0.39, 0.29) is 18.4 Å². The number of piperidine rings is 1. The number of alkyl halides is 3. The molecule has 196 valence electrons. The van der Waals surface area contributed by atoms with Gasteiger partial charge in [-0.25, -0.2) is 0 Å². The summed E-state index contributed by atoms with van der Waals surface area (Å²) in [4.78, 5) is 15.8. The van der Waals surface area contributed by atoms with Crippen LogP contribution in [0, 0.1) is 11.8 Å². The van der Waals surface area contributed by atoms with E-state index in [4.69, 9.17) is 4.74 Å². The van der Waals surface area contributed by atoms with Crippen LogP contribution in [0.25, 0.3) is 0 Å². The lowest BCUT2D eigenvalue weighted by molar-refractivity contribution is -0.170. The molecule has 1 N–H and O–H groups in total. The number of amides is 1. The molecule has 0 aromatic heterocycles. The Kier molecular flexibility index (Phi) is 8.41. The molecule has 4 rings (SSSR count). The van der Waals surface area contributed by atoms with Gasteiger partial charge < -0.3 is 10.1 Å². The molecule has 2 aliphatic rings.